The van der Waals surface area contributed by atoms with Gasteiger partial charge in [-0.2, -0.15) is 5.10 Å². The lowest BCUT2D eigenvalue weighted by atomic mass is 10.2. The first-order valence-corrected chi connectivity index (χ1v) is 5.84. The second-order valence-corrected chi connectivity index (χ2v) is 3.97. The van der Waals surface area contributed by atoms with E-state index in [2.05, 4.69) is 25.1 Å². The minimum absolute atomic E-state index is 0.00310. The molecule has 0 radical (unpaired) electrons. The molecule has 0 aliphatic carbocycles. The number of aromatic nitrogens is 4. The maximum atomic E-state index is 5.52. The highest BCUT2D eigenvalue weighted by Crippen LogP contribution is 2.25. The van der Waals surface area contributed by atoms with Crippen LogP contribution in [-0.4, -0.2) is 39.9 Å². The number of rotatable bonds is 2. The number of morpholine rings is 1. The van der Waals surface area contributed by atoms with Gasteiger partial charge in [0.2, 0.25) is 0 Å². The van der Waals surface area contributed by atoms with E-state index in [1.54, 1.807) is 24.7 Å². The molecule has 1 aliphatic heterocycles. The number of hydrogen-bond acceptors (Lipinski definition) is 6. The number of nitrogens with zero attached hydrogens (tertiary/aromatic N) is 5. The Kier molecular flexibility index (Phi) is 3.10. The highest BCUT2D eigenvalue weighted by Gasteiger charge is 2.27. The lowest BCUT2D eigenvalue weighted by Gasteiger charge is -2.34. The topological polar surface area (TPSA) is 64.0 Å². The average Bonchev–Trinajstić information content (AvgIpc) is 2.49. The molecular formula is C12H13N5O. The molecule has 0 aromatic carbocycles. The van der Waals surface area contributed by atoms with E-state index in [-0.39, 0.29) is 6.04 Å². The lowest BCUT2D eigenvalue weighted by molar-refractivity contribution is 0.0912. The maximum absolute atomic E-state index is 5.52. The van der Waals surface area contributed by atoms with Crippen molar-refractivity contribution in [2.45, 2.75) is 6.04 Å². The van der Waals surface area contributed by atoms with Gasteiger partial charge in [-0.3, -0.25) is 0 Å². The molecule has 6 nitrogen and oxygen atoms in total. The molecule has 1 unspecified atom stereocenters. The fraction of sp³-hybridized carbons (Fsp3) is 0.333. The molecule has 1 aliphatic rings. The molecule has 1 fully saturated rings. The first-order chi connectivity index (χ1) is 8.95. The van der Waals surface area contributed by atoms with E-state index in [1.165, 1.54) is 0 Å². The van der Waals surface area contributed by atoms with E-state index in [1.807, 2.05) is 12.1 Å². The normalized spacial score (nSPS) is 19.8. The largest absolute Gasteiger partial charge is 0.377 e. The molecule has 3 rings (SSSR count). The quantitative estimate of drug-likeness (QED) is 0.779. The van der Waals surface area contributed by atoms with Crippen LogP contribution in [0.2, 0.25) is 0 Å². The molecule has 6 heteroatoms. The predicted octanol–water partition coefficient (Wildman–Crippen LogP) is 0.844. The van der Waals surface area contributed by atoms with Crippen molar-refractivity contribution in [1.82, 2.24) is 20.2 Å². The summed E-state index contributed by atoms with van der Waals surface area (Å²) in [5, 5.41) is 8.06. The van der Waals surface area contributed by atoms with Gasteiger partial charge in [-0.15, -0.1) is 5.10 Å². The van der Waals surface area contributed by atoms with Crippen LogP contribution in [0.1, 0.15) is 11.9 Å². The lowest BCUT2D eigenvalue weighted by Crippen LogP contribution is -2.41. The zero-order valence-corrected chi connectivity index (χ0v) is 9.81. The molecule has 92 valence electrons. The Morgan fingerprint density at radius 3 is 2.83 bits per heavy atom. The van der Waals surface area contributed by atoms with Gasteiger partial charge in [-0.1, -0.05) is 0 Å². The van der Waals surface area contributed by atoms with Crippen molar-refractivity contribution < 1.29 is 4.74 Å². The molecule has 3 heterocycles. The molecule has 2 aromatic heterocycles. The smallest absolute Gasteiger partial charge is 0.152 e. The van der Waals surface area contributed by atoms with Crippen LogP contribution in [-0.2, 0) is 4.74 Å². The summed E-state index contributed by atoms with van der Waals surface area (Å²) in [6.45, 7) is 2.02. The summed E-state index contributed by atoms with van der Waals surface area (Å²) in [6.07, 6.45) is 5.15. The molecule has 1 saturated heterocycles. The van der Waals surface area contributed by atoms with E-state index >= 15 is 0 Å². The molecule has 0 amide bonds. The first-order valence-electron chi connectivity index (χ1n) is 5.84. The van der Waals surface area contributed by atoms with Crippen molar-refractivity contribution in [2.75, 3.05) is 24.7 Å². The Bertz CT molecular complexity index is 445. The van der Waals surface area contributed by atoms with Gasteiger partial charge in [0, 0.05) is 25.1 Å². The Hall–Kier alpha value is -2.08. The molecule has 0 bridgehead atoms. The van der Waals surface area contributed by atoms with Gasteiger partial charge in [-0.25, -0.2) is 9.97 Å². The Balaban J connectivity index is 1.92. The van der Waals surface area contributed by atoms with Crippen LogP contribution in [0.15, 0.2) is 36.8 Å². The van der Waals surface area contributed by atoms with E-state index in [4.69, 9.17) is 4.74 Å². The highest BCUT2D eigenvalue weighted by atomic mass is 16.5. The van der Waals surface area contributed by atoms with Crippen LogP contribution in [0, 0.1) is 0 Å². The van der Waals surface area contributed by atoms with E-state index < -0.39 is 0 Å². The summed E-state index contributed by atoms with van der Waals surface area (Å²) in [7, 11) is 0. The fourth-order valence-electron chi connectivity index (χ4n) is 2.02. The summed E-state index contributed by atoms with van der Waals surface area (Å²) in [4.78, 5) is 10.7. The van der Waals surface area contributed by atoms with Gasteiger partial charge in [-0.05, 0) is 18.2 Å². The molecular weight excluding hydrogens is 230 g/mol. The third-order valence-corrected chi connectivity index (χ3v) is 2.86. The first kappa shape index (κ1) is 11.0. The van der Waals surface area contributed by atoms with Gasteiger partial charge in [0.1, 0.15) is 6.04 Å². The Morgan fingerprint density at radius 1 is 1.17 bits per heavy atom. The summed E-state index contributed by atoms with van der Waals surface area (Å²) in [6, 6.07) is 5.62. The minimum Gasteiger partial charge on any atom is -0.377 e. The van der Waals surface area contributed by atoms with E-state index in [0.29, 0.717) is 13.2 Å². The number of ether oxygens (including phenoxy) is 1. The molecule has 2 aromatic rings. The Morgan fingerprint density at radius 2 is 2.06 bits per heavy atom. The van der Waals surface area contributed by atoms with E-state index in [0.717, 1.165) is 18.2 Å². The van der Waals surface area contributed by atoms with Crippen LogP contribution in [0.25, 0.3) is 0 Å². The van der Waals surface area contributed by atoms with Gasteiger partial charge < -0.3 is 9.64 Å². The zero-order chi connectivity index (χ0) is 12.2. The second kappa shape index (κ2) is 5.05. The van der Waals surface area contributed by atoms with Gasteiger partial charge in [0.15, 0.2) is 11.6 Å². The van der Waals surface area contributed by atoms with Crippen molar-refractivity contribution in [1.29, 1.82) is 0 Å². The SMILES string of the molecule is c1cnc(C2COCCN2c2cccnn2)nc1. The third kappa shape index (κ3) is 2.14. The predicted molar refractivity (Wildman–Crippen MR) is 65.0 cm³/mol. The van der Waals surface area contributed by atoms with Gasteiger partial charge in [0.25, 0.3) is 0 Å². The average molecular weight is 243 g/mol. The van der Waals surface area contributed by atoms with Crippen LogP contribution in [0.3, 0.4) is 0 Å². The van der Waals surface area contributed by atoms with Crippen molar-refractivity contribution in [3.8, 4) is 0 Å². The molecule has 18 heavy (non-hydrogen) atoms. The standard InChI is InChI=1S/C12H13N5O/c1-3-11(16-15-6-1)17-7-8-18-9-10(17)12-13-4-2-5-14-12/h1-6,10H,7-9H2. The number of anilines is 1. The maximum Gasteiger partial charge on any atom is 0.152 e. The zero-order valence-electron chi connectivity index (χ0n) is 9.81. The highest BCUT2D eigenvalue weighted by molar-refractivity contribution is 5.39. The number of hydrogen-bond donors (Lipinski definition) is 0. The van der Waals surface area contributed by atoms with Crippen LogP contribution in [0.5, 0.6) is 0 Å². The molecule has 0 spiro atoms. The minimum atomic E-state index is -0.00310. The van der Waals surface area contributed by atoms with Crippen molar-refractivity contribution in [2.24, 2.45) is 0 Å². The van der Waals surface area contributed by atoms with Crippen LogP contribution >= 0.6 is 0 Å². The Labute approximate surface area is 105 Å². The molecule has 0 saturated carbocycles. The molecule has 1 atom stereocenters. The van der Waals surface area contributed by atoms with Gasteiger partial charge in [0.05, 0.1) is 13.2 Å². The summed E-state index contributed by atoms with van der Waals surface area (Å²) in [5.41, 5.74) is 0. The van der Waals surface area contributed by atoms with Crippen LogP contribution in [0.4, 0.5) is 5.82 Å². The van der Waals surface area contributed by atoms with Crippen molar-refractivity contribution in [3.05, 3.63) is 42.6 Å². The van der Waals surface area contributed by atoms with Gasteiger partial charge >= 0.3 is 0 Å². The summed E-state index contributed by atoms with van der Waals surface area (Å²) in [5.74, 6) is 1.58. The monoisotopic (exact) mass is 243 g/mol. The van der Waals surface area contributed by atoms with Crippen LogP contribution < -0.4 is 4.90 Å². The van der Waals surface area contributed by atoms with E-state index in [9.17, 15) is 0 Å². The molecule has 0 N–H and O–H groups in total. The van der Waals surface area contributed by atoms with Crippen molar-refractivity contribution in [3.63, 3.8) is 0 Å². The third-order valence-electron chi connectivity index (χ3n) is 2.86. The fourth-order valence-corrected chi connectivity index (χ4v) is 2.02. The summed E-state index contributed by atoms with van der Waals surface area (Å²) >= 11 is 0. The second-order valence-electron chi connectivity index (χ2n) is 3.97. The summed E-state index contributed by atoms with van der Waals surface area (Å²) < 4.78 is 5.52. The van der Waals surface area contributed by atoms with Crippen molar-refractivity contribution >= 4 is 5.82 Å².